The van der Waals surface area contributed by atoms with Crippen LogP contribution in [0.2, 0.25) is 0 Å². The van der Waals surface area contributed by atoms with Gasteiger partial charge in [-0.25, -0.2) is 0 Å². The maximum absolute atomic E-state index is 6.17. The summed E-state index contributed by atoms with van der Waals surface area (Å²) in [6, 6.07) is 11.7. The van der Waals surface area contributed by atoms with Crippen molar-refractivity contribution in [2.24, 2.45) is 0 Å². The van der Waals surface area contributed by atoms with Crippen LogP contribution in [0.15, 0.2) is 42.6 Å². The van der Waals surface area contributed by atoms with E-state index < -0.39 is 0 Å². The Labute approximate surface area is 117 Å². The fraction of sp³-hybridized carbons (Fsp3) is 0.133. The molecule has 3 rings (SSSR count). The Hall–Kier alpha value is -2.69. The maximum atomic E-state index is 6.17. The normalized spacial score (nSPS) is 10.7. The van der Waals surface area contributed by atoms with E-state index in [2.05, 4.69) is 28.3 Å². The molecule has 3 aromatic rings. The van der Waals surface area contributed by atoms with Gasteiger partial charge in [-0.15, -0.1) is 5.10 Å². The summed E-state index contributed by atoms with van der Waals surface area (Å²) >= 11 is 0. The summed E-state index contributed by atoms with van der Waals surface area (Å²) in [5.41, 5.74) is 10.7. The third-order valence-corrected chi connectivity index (χ3v) is 3.19. The Balaban J connectivity index is 2.11. The zero-order valence-electron chi connectivity index (χ0n) is 11.4. The smallest absolute Gasteiger partial charge is 0.157 e. The third kappa shape index (κ3) is 2.03. The minimum absolute atomic E-state index is 0.496. The molecule has 0 fully saturated rings. The quantitative estimate of drug-likeness (QED) is 0.773. The highest BCUT2D eigenvalue weighted by atomic mass is 15.5. The number of hydrogen-bond acceptors (Lipinski definition) is 4. The average molecular weight is 265 g/mol. The third-order valence-electron chi connectivity index (χ3n) is 3.19. The first-order chi connectivity index (χ1) is 9.66. The topological polar surface area (TPSA) is 69.6 Å². The summed E-state index contributed by atoms with van der Waals surface area (Å²) in [7, 11) is 0. The summed E-state index contributed by atoms with van der Waals surface area (Å²) in [5, 5.41) is 8.31. The summed E-state index contributed by atoms with van der Waals surface area (Å²) in [6.07, 6.45) is 1.71. The number of rotatable bonds is 2. The van der Waals surface area contributed by atoms with Gasteiger partial charge in [-0.05, 0) is 37.6 Å². The number of pyridine rings is 1. The van der Waals surface area contributed by atoms with E-state index in [1.165, 1.54) is 5.56 Å². The summed E-state index contributed by atoms with van der Waals surface area (Å²) in [6.45, 7) is 4.09. The number of nitrogens with two attached hydrogens (primary N) is 1. The van der Waals surface area contributed by atoms with Crippen molar-refractivity contribution in [2.75, 3.05) is 5.73 Å². The Morgan fingerprint density at radius 2 is 1.95 bits per heavy atom. The monoisotopic (exact) mass is 265 g/mol. The van der Waals surface area contributed by atoms with Gasteiger partial charge in [-0.2, -0.15) is 4.68 Å². The first kappa shape index (κ1) is 12.3. The van der Waals surface area contributed by atoms with E-state index in [0.29, 0.717) is 11.5 Å². The van der Waals surface area contributed by atoms with E-state index in [4.69, 9.17) is 5.73 Å². The van der Waals surface area contributed by atoms with Crippen molar-refractivity contribution in [1.29, 1.82) is 0 Å². The van der Waals surface area contributed by atoms with E-state index in [9.17, 15) is 0 Å². The van der Waals surface area contributed by atoms with Crippen LogP contribution in [0.25, 0.3) is 17.1 Å². The number of aryl methyl sites for hydroxylation is 2. The highest BCUT2D eigenvalue weighted by Gasteiger charge is 2.14. The molecule has 20 heavy (non-hydrogen) atoms. The molecule has 100 valence electrons. The summed E-state index contributed by atoms with van der Waals surface area (Å²) in [4.78, 5) is 4.26. The molecule has 2 N–H and O–H groups in total. The first-order valence-electron chi connectivity index (χ1n) is 6.37. The minimum Gasteiger partial charge on any atom is -0.382 e. The van der Waals surface area contributed by atoms with Crippen LogP contribution in [0.3, 0.4) is 0 Å². The van der Waals surface area contributed by atoms with Crippen molar-refractivity contribution >= 4 is 5.82 Å². The van der Waals surface area contributed by atoms with E-state index in [1.807, 2.05) is 37.3 Å². The van der Waals surface area contributed by atoms with Crippen LogP contribution in [0.1, 0.15) is 11.1 Å². The largest absolute Gasteiger partial charge is 0.382 e. The van der Waals surface area contributed by atoms with Gasteiger partial charge in [0.2, 0.25) is 0 Å². The second kappa shape index (κ2) is 4.77. The zero-order valence-corrected chi connectivity index (χ0v) is 11.4. The number of benzene rings is 1. The number of nitrogen functional groups attached to an aromatic ring is 1. The van der Waals surface area contributed by atoms with Gasteiger partial charge in [0.25, 0.3) is 0 Å². The molecule has 5 nitrogen and oxygen atoms in total. The molecule has 5 heteroatoms. The van der Waals surface area contributed by atoms with Gasteiger partial charge in [-0.3, -0.25) is 4.98 Å². The van der Waals surface area contributed by atoms with E-state index >= 15 is 0 Å². The lowest BCUT2D eigenvalue weighted by Gasteiger charge is -2.07. The highest BCUT2D eigenvalue weighted by molar-refractivity contribution is 5.68. The molecule has 0 saturated carbocycles. The molecule has 0 aliphatic heterocycles. The molecule has 0 spiro atoms. The van der Waals surface area contributed by atoms with Gasteiger partial charge < -0.3 is 5.73 Å². The van der Waals surface area contributed by atoms with Crippen LogP contribution in [0, 0.1) is 13.8 Å². The van der Waals surface area contributed by atoms with Crippen LogP contribution in [-0.4, -0.2) is 20.0 Å². The van der Waals surface area contributed by atoms with E-state index in [1.54, 1.807) is 10.9 Å². The average Bonchev–Trinajstić information content (AvgIpc) is 2.82. The Bertz CT molecular complexity index is 746. The molecule has 0 unspecified atom stereocenters. The lowest BCUT2D eigenvalue weighted by atomic mass is 10.1. The van der Waals surface area contributed by atoms with Crippen molar-refractivity contribution < 1.29 is 0 Å². The molecule has 0 radical (unpaired) electrons. The Kier molecular flexibility index (Phi) is 2.95. The van der Waals surface area contributed by atoms with Crippen molar-refractivity contribution in [3.8, 4) is 17.1 Å². The summed E-state index contributed by atoms with van der Waals surface area (Å²) < 4.78 is 1.65. The van der Waals surface area contributed by atoms with Gasteiger partial charge in [0.1, 0.15) is 0 Å². The van der Waals surface area contributed by atoms with E-state index in [0.717, 1.165) is 16.9 Å². The molecular formula is C15H15N5. The minimum atomic E-state index is 0.496. The van der Waals surface area contributed by atoms with Crippen LogP contribution in [0.5, 0.6) is 0 Å². The van der Waals surface area contributed by atoms with Crippen LogP contribution >= 0.6 is 0 Å². The molecule has 2 heterocycles. The highest BCUT2D eigenvalue weighted by Crippen LogP contribution is 2.25. The molecule has 0 bridgehead atoms. The lowest BCUT2D eigenvalue weighted by Crippen LogP contribution is -2.04. The maximum Gasteiger partial charge on any atom is 0.157 e. The van der Waals surface area contributed by atoms with Crippen molar-refractivity contribution in [3.63, 3.8) is 0 Å². The van der Waals surface area contributed by atoms with Crippen molar-refractivity contribution in [2.45, 2.75) is 13.8 Å². The van der Waals surface area contributed by atoms with Gasteiger partial charge in [-0.1, -0.05) is 29.0 Å². The van der Waals surface area contributed by atoms with Crippen molar-refractivity contribution in [3.05, 3.63) is 53.7 Å². The van der Waals surface area contributed by atoms with Gasteiger partial charge >= 0.3 is 0 Å². The number of anilines is 1. The number of nitrogens with zero attached hydrogens (tertiary/aromatic N) is 4. The molecule has 2 aromatic heterocycles. The van der Waals surface area contributed by atoms with Crippen LogP contribution in [-0.2, 0) is 0 Å². The first-order valence-corrected chi connectivity index (χ1v) is 6.37. The van der Waals surface area contributed by atoms with Crippen LogP contribution in [0.4, 0.5) is 5.82 Å². The molecule has 0 aliphatic rings. The van der Waals surface area contributed by atoms with Gasteiger partial charge in [0, 0.05) is 6.20 Å². The zero-order chi connectivity index (χ0) is 14.1. The molecule has 0 saturated heterocycles. The predicted octanol–water partition coefficient (Wildman–Crippen LogP) is 2.53. The lowest BCUT2D eigenvalue weighted by molar-refractivity contribution is 0.805. The van der Waals surface area contributed by atoms with E-state index in [-0.39, 0.29) is 0 Å². The van der Waals surface area contributed by atoms with Crippen molar-refractivity contribution in [1.82, 2.24) is 20.0 Å². The Morgan fingerprint density at radius 3 is 2.65 bits per heavy atom. The molecule has 0 aliphatic carbocycles. The molecule has 0 amide bonds. The number of aromatic nitrogens is 4. The fourth-order valence-electron chi connectivity index (χ4n) is 2.20. The number of hydrogen-bond donors (Lipinski definition) is 1. The molecular weight excluding hydrogens is 250 g/mol. The van der Waals surface area contributed by atoms with Crippen LogP contribution < -0.4 is 5.73 Å². The molecule has 1 aromatic carbocycles. The second-order valence-corrected chi connectivity index (χ2v) is 4.74. The standard InChI is InChI=1S/C15H15N5/c1-10-6-7-13(11(2)9-10)20-15(16)14(18-19-20)12-5-3-4-8-17-12/h3-9H,16H2,1-2H3. The predicted molar refractivity (Wildman–Crippen MR) is 78.5 cm³/mol. The summed E-state index contributed by atoms with van der Waals surface area (Å²) in [5.74, 6) is 0.496. The fourth-order valence-corrected chi connectivity index (χ4v) is 2.20. The van der Waals surface area contributed by atoms with Gasteiger partial charge in [0.15, 0.2) is 11.5 Å². The molecule has 0 atom stereocenters. The van der Waals surface area contributed by atoms with Gasteiger partial charge in [0.05, 0.1) is 11.4 Å². The SMILES string of the molecule is Cc1ccc(-n2nnc(-c3ccccn3)c2N)c(C)c1. The second-order valence-electron chi connectivity index (χ2n) is 4.74. The Morgan fingerprint density at radius 1 is 1.10 bits per heavy atom.